The van der Waals surface area contributed by atoms with Gasteiger partial charge in [-0.1, -0.05) is 12.0 Å². The number of aromatic nitrogens is 1. The second kappa shape index (κ2) is 8.26. The molecule has 0 spiro atoms. The number of aliphatic imine (C=N–C) groups is 2. The Morgan fingerprint density at radius 2 is 2.12 bits per heavy atom. The lowest BCUT2D eigenvalue weighted by molar-refractivity contribution is 0.315. The molecule has 1 aromatic heterocycles. The zero-order valence-electron chi connectivity index (χ0n) is 14.7. The van der Waals surface area contributed by atoms with E-state index in [0.29, 0.717) is 11.7 Å². The van der Waals surface area contributed by atoms with E-state index in [0.717, 1.165) is 28.4 Å². The minimum atomic E-state index is 0.510. The molecule has 0 radical (unpaired) electrons. The summed E-state index contributed by atoms with van der Waals surface area (Å²) < 4.78 is 5.47. The molecular formula is C20H23N3O. The molecule has 1 fully saturated rings. The van der Waals surface area contributed by atoms with Crippen LogP contribution in [0.5, 0.6) is 0 Å². The highest BCUT2D eigenvalue weighted by atomic mass is 16.5. The maximum Gasteiger partial charge on any atom is 0.140 e. The molecule has 1 aromatic rings. The Balaban J connectivity index is 2.22. The highest BCUT2D eigenvalue weighted by Crippen LogP contribution is 2.31. The molecule has 4 heteroatoms. The third kappa shape index (κ3) is 4.66. The molecule has 0 atom stereocenters. The largest absolute Gasteiger partial charge is 0.495 e. The maximum absolute atomic E-state index is 5.47. The van der Waals surface area contributed by atoms with Crippen molar-refractivity contribution in [2.75, 3.05) is 14.2 Å². The van der Waals surface area contributed by atoms with Crippen molar-refractivity contribution in [3.05, 3.63) is 47.5 Å². The predicted octanol–water partition coefficient (Wildman–Crippen LogP) is 3.90. The summed E-state index contributed by atoms with van der Waals surface area (Å²) in [6, 6.07) is 3.70. The summed E-state index contributed by atoms with van der Waals surface area (Å²) in [5.74, 6) is 4.75. The Bertz CT molecular complexity index is 759. The van der Waals surface area contributed by atoms with Crippen molar-refractivity contribution in [3.8, 4) is 12.3 Å². The van der Waals surface area contributed by atoms with Gasteiger partial charge in [-0.25, -0.2) is 4.99 Å². The number of hydrogen-bond donors (Lipinski definition) is 0. The van der Waals surface area contributed by atoms with Crippen LogP contribution in [-0.2, 0) is 4.74 Å². The first-order valence-corrected chi connectivity index (χ1v) is 7.97. The zero-order chi connectivity index (χ0) is 17.5. The van der Waals surface area contributed by atoms with Gasteiger partial charge in [0.15, 0.2) is 0 Å². The van der Waals surface area contributed by atoms with Crippen molar-refractivity contribution in [2.45, 2.75) is 26.7 Å². The minimum Gasteiger partial charge on any atom is -0.495 e. The molecule has 4 nitrogen and oxygen atoms in total. The molecule has 0 unspecified atom stereocenters. The molecule has 0 amide bonds. The van der Waals surface area contributed by atoms with Crippen molar-refractivity contribution in [1.29, 1.82) is 0 Å². The standard InChI is InChI=1S/C20H23N3O/c1-6-16-11-12-22-18(13-16)14(2)7-10-19(24-5)15(3)23-20(21-4)17-8-9-17/h1,7,10-13,17H,8-9H2,2-5H3/b14-7+,19-10+,21-20?,23-15?. The Hall–Kier alpha value is -2.67. The van der Waals surface area contributed by atoms with Crippen molar-refractivity contribution in [3.63, 3.8) is 0 Å². The fraction of sp³-hybridized carbons (Fsp3) is 0.350. The number of terminal acetylenes is 1. The molecular weight excluding hydrogens is 298 g/mol. The van der Waals surface area contributed by atoms with Crippen LogP contribution in [0, 0.1) is 18.3 Å². The van der Waals surface area contributed by atoms with Gasteiger partial charge in [0.1, 0.15) is 11.6 Å². The highest BCUT2D eigenvalue weighted by Gasteiger charge is 2.27. The van der Waals surface area contributed by atoms with Crippen LogP contribution in [0.15, 0.2) is 46.2 Å². The quantitative estimate of drug-likeness (QED) is 0.271. The van der Waals surface area contributed by atoms with Crippen LogP contribution in [0.4, 0.5) is 0 Å². The van der Waals surface area contributed by atoms with Gasteiger partial charge in [0.25, 0.3) is 0 Å². The number of rotatable bonds is 5. The molecule has 24 heavy (non-hydrogen) atoms. The van der Waals surface area contributed by atoms with Gasteiger partial charge in [-0.05, 0) is 50.5 Å². The van der Waals surface area contributed by atoms with Crippen molar-refractivity contribution in [2.24, 2.45) is 15.9 Å². The molecule has 1 aliphatic rings. The number of amidine groups is 1. The monoisotopic (exact) mass is 321 g/mol. The molecule has 0 aromatic carbocycles. The molecule has 0 bridgehead atoms. The van der Waals surface area contributed by atoms with Crippen LogP contribution in [0.3, 0.4) is 0 Å². The van der Waals surface area contributed by atoms with Crippen LogP contribution >= 0.6 is 0 Å². The van der Waals surface area contributed by atoms with Gasteiger partial charge in [-0.15, -0.1) is 6.42 Å². The average Bonchev–Trinajstić information content (AvgIpc) is 3.45. The lowest BCUT2D eigenvalue weighted by atomic mass is 10.1. The summed E-state index contributed by atoms with van der Waals surface area (Å²) in [6.07, 6.45) is 13.4. The second-order valence-electron chi connectivity index (χ2n) is 5.71. The Morgan fingerprint density at radius 1 is 1.38 bits per heavy atom. The molecule has 0 aliphatic heterocycles. The van der Waals surface area contributed by atoms with Gasteiger partial charge in [0, 0.05) is 24.7 Å². The van der Waals surface area contributed by atoms with Crippen molar-refractivity contribution < 1.29 is 4.74 Å². The van der Waals surface area contributed by atoms with Crippen LogP contribution in [0.1, 0.15) is 37.9 Å². The maximum atomic E-state index is 5.47. The topological polar surface area (TPSA) is 46.8 Å². The fourth-order valence-corrected chi connectivity index (χ4v) is 2.25. The van der Waals surface area contributed by atoms with Gasteiger partial charge in [-0.3, -0.25) is 9.98 Å². The number of hydrogen-bond acceptors (Lipinski definition) is 3. The minimum absolute atomic E-state index is 0.510. The van der Waals surface area contributed by atoms with Gasteiger partial charge < -0.3 is 4.74 Å². The van der Waals surface area contributed by atoms with Crippen molar-refractivity contribution >= 4 is 17.1 Å². The number of allylic oxidation sites excluding steroid dienone is 4. The van der Waals surface area contributed by atoms with E-state index < -0.39 is 0 Å². The summed E-state index contributed by atoms with van der Waals surface area (Å²) in [5.41, 5.74) is 3.48. The summed E-state index contributed by atoms with van der Waals surface area (Å²) >= 11 is 0. The molecule has 124 valence electrons. The SMILES string of the molecule is C#Cc1ccnc(/C(C)=C/C=C(/OC)C(C)=NC(=NC)C2CC2)c1. The first-order chi connectivity index (χ1) is 11.6. The van der Waals surface area contributed by atoms with E-state index >= 15 is 0 Å². The first-order valence-electron chi connectivity index (χ1n) is 7.97. The highest BCUT2D eigenvalue weighted by molar-refractivity contribution is 6.06. The third-order valence-corrected chi connectivity index (χ3v) is 3.85. The molecule has 0 N–H and O–H groups in total. The number of nitrogens with zero attached hydrogens (tertiary/aromatic N) is 3. The van der Waals surface area contributed by atoms with Gasteiger partial charge in [0.05, 0.1) is 18.5 Å². The van der Waals surface area contributed by atoms with Gasteiger partial charge in [0.2, 0.25) is 0 Å². The van der Waals surface area contributed by atoms with Crippen LogP contribution < -0.4 is 0 Å². The average molecular weight is 321 g/mol. The van der Waals surface area contributed by atoms with E-state index in [9.17, 15) is 0 Å². The molecule has 0 saturated heterocycles. The Labute approximate surface area is 144 Å². The lowest BCUT2D eigenvalue weighted by Gasteiger charge is -2.06. The summed E-state index contributed by atoms with van der Waals surface area (Å²) in [5, 5.41) is 0. The number of methoxy groups -OCH3 is 1. The molecule has 1 heterocycles. The van der Waals surface area contributed by atoms with E-state index in [-0.39, 0.29) is 0 Å². The summed E-state index contributed by atoms with van der Waals surface area (Å²) in [6.45, 7) is 3.92. The third-order valence-electron chi connectivity index (χ3n) is 3.85. The summed E-state index contributed by atoms with van der Waals surface area (Å²) in [7, 11) is 3.43. The van der Waals surface area contributed by atoms with E-state index in [4.69, 9.17) is 11.2 Å². The van der Waals surface area contributed by atoms with Crippen LogP contribution in [0.25, 0.3) is 5.57 Å². The predicted molar refractivity (Wildman–Crippen MR) is 100 cm³/mol. The normalized spacial score (nSPS) is 16.8. The number of ether oxygens (including phenoxy) is 1. The molecule has 2 rings (SSSR count). The van der Waals surface area contributed by atoms with Crippen LogP contribution in [-0.4, -0.2) is 30.7 Å². The van der Waals surface area contributed by atoms with Crippen LogP contribution in [0.2, 0.25) is 0 Å². The van der Waals surface area contributed by atoms with E-state index in [2.05, 4.69) is 20.9 Å². The van der Waals surface area contributed by atoms with Gasteiger partial charge >= 0.3 is 0 Å². The second-order valence-corrected chi connectivity index (χ2v) is 5.71. The zero-order valence-corrected chi connectivity index (χ0v) is 14.7. The Morgan fingerprint density at radius 3 is 2.71 bits per heavy atom. The smallest absolute Gasteiger partial charge is 0.140 e. The summed E-state index contributed by atoms with van der Waals surface area (Å²) in [4.78, 5) is 13.2. The molecule has 1 aliphatic carbocycles. The van der Waals surface area contributed by atoms with Gasteiger partial charge in [-0.2, -0.15) is 0 Å². The lowest BCUT2D eigenvalue weighted by Crippen LogP contribution is -2.06. The van der Waals surface area contributed by atoms with E-state index in [1.165, 1.54) is 12.8 Å². The number of pyridine rings is 1. The molecule has 1 saturated carbocycles. The fourth-order valence-electron chi connectivity index (χ4n) is 2.25. The van der Waals surface area contributed by atoms with E-state index in [1.54, 1.807) is 20.4 Å². The van der Waals surface area contributed by atoms with E-state index in [1.807, 2.05) is 38.1 Å². The first kappa shape index (κ1) is 17.7. The Kier molecular flexibility index (Phi) is 6.08. The van der Waals surface area contributed by atoms with Crippen molar-refractivity contribution in [1.82, 2.24) is 4.98 Å².